The molecule has 1 N–H and O–H groups in total. The standard InChI is InChI=1S/C11H13N5O2/c1-15-4-3-12-9(15)7-16(2)11-13-5-8(6-14-11)10(17)18/h3-6H,7H2,1-2H3,(H,17,18). The molecular weight excluding hydrogens is 234 g/mol. The van der Waals surface area contributed by atoms with Crippen LogP contribution in [-0.4, -0.2) is 37.6 Å². The largest absolute Gasteiger partial charge is 0.478 e. The predicted molar refractivity (Wildman–Crippen MR) is 64.3 cm³/mol. The van der Waals surface area contributed by atoms with Crippen molar-refractivity contribution in [3.63, 3.8) is 0 Å². The van der Waals surface area contributed by atoms with Gasteiger partial charge in [0.2, 0.25) is 5.95 Å². The highest BCUT2D eigenvalue weighted by Crippen LogP contribution is 2.08. The molecule has 0 spiro atoms. The first-order valence-electron chi connectivity index (χ1n) is 5.30. The first-order chi connectivity index (χ1) is 8.58. The van der Waals surface area contributed by atoms with Crippen LogP contribution in [0.5, 0.6) is 0 Å². The fourth-order valence-electron chi connectivity index (χ4n) is 1.46. The lowest BCUT2D eigenvalue weighted by molar-refractivity contribution is 0.0696. The van der Waals surface area contributed by atoms with E-state index in [1.807, 2.05) is 24.9 Å². The summed E-state index contributed by atoms with van der Waals surface area (Å²) in [4.78, 5) is 24.7. The molecular formula is C11H13N5O2. The van der Waals surface area contributed by atoms with Crippen LogP contribution in [0.15, 0.2) is 24.8 Å². The monoisotopic (exact) mass is 247 g/mol. The highest BCUT2D eigenvalue weighted by Gasteiger charge is 2.09. The Kier molecular flexibility index (Phi) is 3.22. The highest BCUT2D eigenvalue weighted by atomic mass is 16.4. The van der Waals surface area contributed by atoms with E-state index in [4.69, 9.17) is 5.11 Å². The summed E-state index contributed by atoms with van der Waals surface area (Å²) in [5, 5.41) is 8.75. The van der Waals surface area contributed by atoms with Gasteiger partial charge in [-0.3, -0.25) is 0 Å². The van der Waals surface area contributed by atoms with Gasteiger partial charge in [0.15, 0.2) is 0 Å². The second kappa shape index (κ2) is 4.82. The van der Waals surface area contributed by atoms with Crippen molar-refractivity contribution in [2.75, 3.05) is 11.9 Å². The second-order valence-electron chi connectivity index (χ2n) is 3.89. The van der Waals surface area contributed by atoms with Crippen molar-refractivity contribution in [2.45, 2.75) is 6.54 Å². The molecule has 94 valence electrons. The van der Waals surface area contributed by atoms with Crippen molar-refractivity contribution in [1.82, 2.24) is 19.5 Å². The van der Waals surface area contributed by atoms with E-state index in [1.165, 1.54) is 12.4 Å². The highest BCUT2D eigenvalue weighted by molar-refractivity contribution is 5.86. The number of rotatable bonds is 4. The van der Waals surface area contributed by atoms with Crippen molar-refractivity contribution >= 4 is 11.9 Å². The average Bonchev–Trinajstić information content (AvgIpc) is 2.75. The smallest absolute Gasteiger partial charge is 0.338 e. The van der Waals surface area contributed by atoms with Crippen molar-refractivity contribution in [1.29, 1.82) is 0 Å². The minimum atomic E-state index is -1.03. The first kappa shape index (κ1) is 12.0. The zero-order valence-electron chi connectivity index (χ0n) is 10.1. The van der Waals surface area contributed by atoms with Crippen LogP contribution >= 0.6 is 0 Å². The Hall–Kier alpha value is -2.44. The molecule has 0 fully saturated rings. The van der Waals surface area contributed by atoms with Gasteiger partial charge in [-0.1, -0.05) is 0 Å². The summed E-state index contributed by atoms with van der Waals surface area (Å²) in [6.45, 7) is 0.552. The molecule has 0 aromatic carbocycles. The van der Waals surface area contributed by atoms with Gasteiger partial charge in [-0.25, -0.2) is 19.7 Å². The number of hydrogen-bond acceptors (Lipinski definition) is 5. The van der Waals surface area contributed by atoms with Gasteiger partial charge in [0.05, 0.1) is 12.1 Å². The van der Waals surface area contributed by atoms with E-state index in [-0.39, 0.29) is 5.56 Å². The third-order valence-corrected chi connectivity index (χ3v) is 2.53. The van der Waals surface area contributed by atoms with E-state index < -0.39 is 5.97 Å². The SMILES string of the molecule is CN(Cc1nccn1C)c1ncc(C(=O)O)cn1. The topological polar surface area (TPSA) is 84.1 Å². The van der Waals surface area contributed by atoms with Gasteiger partial charge in [-0.2, -0.15) is 0 Å². The van der Waals surface area contributed by atoms with E-state index in [0.29, 0.717) is 12.5 Å². The molecule has 0 saturated carbocycles. The Morgan fingerprint density at radius 1 is 1.39 bits per heavy atom. The lowest BCUT2D eigenvalue weighted by Gasteiger charge is -2.16. The molecule has 0 aliphatic carbocycles. The van der Waals surface area contributed by atoms with E-state index in [2.05, 4.69) is 15.0 Å². The number of hydrogen-bond donors (Lipinski definition) is 1. The molecule has 0 amide bonds. The summed E-state index contributed by atoms with van der Waals surface area (Å²) in [6.07, 6.45) is 6.16. The molecule has 2 aromatic rings. The van der Waals surface area contributed by atoms with E-state index >= 15 is 0 Å². The van der Waals surface area contributed by atoms with Gasteiger partial charge < -0.3 is 14.6 Å². The Bertz CT molecular complexity index is 549. The first-order valence-corrected chi connectivity index (χ1v) is 5.30. The number of anilines is 1. The Morgan fingerprint density at radius 2 is 2.06 bits per heavy atom. The molecule has 2 aromatic heterocycles. The quantitative estimate of drug-likeness (QED) is 0.849. The molecule has 0 aliphatic heterocycles. The van der Waals surface area contributed by atoms with E-state index in [1.54, 1.807) is 11.1 Å². The summed E-state index contributed by atoms with van der Waals surface area (Å²) in [5.41, 5.74) is 0.0733. The van der Waals surface area contributed by atoms with Crippen LogP contribution in [0.2, 0.25) is 0 Å². The number of aromatic carboxylic acids is 1. The lowest BCUT2D eigenvalue weighted by Crippen LogP contribution is -2.21. The van der Waals surface area contributed by atoms with Gasteiger partial charge in [-0.15, -0.1) is 0 Å². The zero-order chi connectivity index (χ0) is 13.1. The fraction of sp³-hybridized carbons (Fsp3) is 0.273. The molecule has 0 aliphatic rings. The van der Waals surface area contributed by atoms with Crippen molar-refractivity contribution < 1.29 is 9.90 Å². The van der Waals surface area contributed by atoms with Gasteiger partial charge in [0.1, 0.15) is 5.82 Å². The number of aromatic nitrogens is 4. The molecule has 0 atom stereocenters. The molecule has 18 heavy (non-hydrogen) atoms. The minimum absolute atomic E-state index is 0.0733. The summed E-state index contributed by atoms with van der Waals surface area (Å²) in [6, 6.07) is 0. The number of nitrogens with zero attached hydrogens (tertiary/aromatic N) is 5. The van der Waals surface area contributed by atoms with E-state index in [9.17, 15) is 4.79 Å². The van der Waals surface area contributed by atoms with Gasteiger partial charge in [0.25, 0.3) is 0 Å². The van der Waals surface area contributed by atoms with E-state index in [0.717, 1.165) is 5.82 Å². The van der Waals surface area contributed by atoms with Gasteiger partial charge in [-0.05, 0) is 0 Å². The van der Waals surface area contributed by atoms with Crippen LogP contribution < -0.4 is 4.90 Å². The molecule has 0 unspecified atom stereocenters. The van der Waals surface area contributed by atoms with Crippen molar-refractivity contribution in [3.05, 3.63) is 36.2 Å². The maximum atomic E-state index is 10.7. The maximum Gasteiger partial charge on any atom is 0.338 e. The van der Waals surface area contributed by atoms with Crippen LogP contribution in [0.4, 0.5) is 5.95 Å². The Balaban J connectivity index is 2.12. The molecule has 0 saturated heterocycles. The number of imidazole rings is 1. The lowest BCUT2D eigenvalue weighted by atomic mass is 10.3. The summed E-state index contributed by atoms with van der Waals surface area (Å²) >= 11 is 0. The number of carboxylic acid groups (broad SMARTS) is 1. The summed E-state index contributed by atoms with van der Waals surface area (Å²) in [5.74, 6) is 0.305. The van der Waals surface area contributed by atoms with Crippen LogP contribution in [0.25, 0.3) is 0 Å². The fourth-order valence-corrected chi connectivity index (χ4v) is 1.46. The molecule has 2 rings (SSSR count). The van der Waals surface area contributed by atoms with Crippen LogP contribution in [-0.2, 0) is 13.6 Å². The number of aryl methyl sites for hydroxylation is 1. The van der Waals surface area contributed by atoms with Gasteiger partial charge >= 0.3 is 5.97 Å². The average molecular weight is 247 g/mol. The molecule has 7 heteroatoms. The third kappa shape index (κ3) is 2.45. The van der Waals surface area contributed by atoms with Crippen molar-refractivity contribution in [3.8, 4) is 0 Å². The Morgan fingerprint density at radius 3 is 2.56 bits per heavy atom. The summed E-state index contributed by atoms with van der Waals surface area (Å²) < 4.78 is 1.90. The molecule has 2 heterocycles. The molecule has 0 radical (unpaired) electrons. The maximum absolute atomic E-state index is 10.7. The molecule has 0 bridgehead atoms. The van der Waals surface area contributed by atoms with Crippen LogP contribution in [0.3, 0.4) is 0 Å². The predicted octanol–water partition coefficient (Wildman–Crippen LogP) is 0.545. The number of carbonyl (C=O) groups is 1. The Labute approximate surface area is 104 Å². The molecule has 7 nitrogen and oxygen atoms in total. The van der Waals surface area contributed by atoms with Crippen LogP contribution in [0.1, 0.15) is 16.2 Å². The van der Waals surface area contributed by atoms with Crippen LogP contribution in [0, 0.1) is 0 Å². The number of carboxylic acids is 1. The minimum Gasteiger partial charge on any atom is -0.478 e. The van der Waals surface area contributed by atoms with Gasteiger partial charge in [0, 0.05) is 38.9 Å². The zero-order valence-corrected chi connectivity index (χ0v) is 10.1. The summed E-state index contributed by atoms with van der Waals surface area (Å²) in [7, 11) is 3.73. The van der Waals surface area contributed by atoms with Crippen molar-refractivity contribution in [2.24, 2.45) is 7.05 Å². The second-order valence-corrected chi connectivity index (χ2v) is 3.89. The third-order valence-electron chi connectivity index (χ3n) is 2.53. The normalized spacial score (nSPS) is 10.3.